The van der Waals surface area contributed by atoms with Gasteiger partial charge in [0, 0.05) is 22.6 Å². The van der Waals surface area contributed by atoms with Crippen molar-refractivity contribution in [2.75, 3.05) is 17.7 Å². The van der Waals surface area contributed by atoms with Crippen molar-refractivity contribution in [1.29, 1.82) is 0 Å². The number of hydrogen-bond donors (Lipinski definition) is 2. The number of rotatable bonds is 5. The Balaban J connectivity index is 1.66. The number of hydrogen-bond acceptors (Lipinski definition) is 3. The Morgan fingerprint density at radius 1 is 0.880 bits per heavy atom. The molecule has 126 valence electrons. The van der Waals surface area contributed by atoms with Crippen molar-refractivity contribution in [3.63, 3.8) is 0 Å². The zero-order chi connectivity index (χ0) is 17.6. The van der Waals surface area contributed by atoms with Crippen LogP contribution < -0.4 is 15.4 Å². The zero-order valence-electron chi connectivity index (χ0n) is 13.6. The van der Waals surface area contributed by atoms with E-state index < -0.39 is 0 Å². The van der Waals surface area contributed by atoms with Crippen LogP contribution in [0.5, 0.6) is 5.75 Å². The van der Waals surface area contributed by atoms with Crippen molar-refractivity contribution in [2.45, 2.75) is 0 Å². The summed E-state index contributed by atoms with van der Waals surface area (Å²) in [5.41, 5.74) is 3.09. The Bertz CT molecular complexity index is 865. The van der Waals surface area contributed by atoms with E-state index in [0.29, 0.717) is 16.3 Å². The standard InChI is InChI=1S/C20H17ClN2O2/c1-25-19-12-11-17(13-18(19)21)22-15-7-9-16(10-8-15)23-20(24)14-5-3-2-4-6-14/h2-13,22H,1H3,(H,23,24). The lowest BCUT2D eigenvalue weighted by Crippen LogP contribution is -2.11. The lowest BCUT2D eigenvalue weighted by Gasteiger charge is -2.10. The van der Waals surface area contributed by atoms with Gasteiger partial charge >= 0.3 is 0 Å². The number of benzene rings is 3. The first-order valence-electron chi connectivity index (χ1n) is 7.73. The van der Waals surface area contributed by atoms with E-state index in [1.165, 1.54) is 0 Å². The largest absolute Gasteiger partial charge is 0.495 e. The Labute approximate surface area is 151 Å². The fourth-order valence-electron chi connectivity index (χ4n) is 2.34. The molecule has 3 aromatic rings. The number of methoxy groups -OCH3 is 1. The first-order valence-corrected chi connectivity index (χ1v) is 8.10. The molecule has 0 saturated carbocycles. The van der Waals surface area contributed by atoms with Crippen LogP contribution in [0.15, 0.2) is 72.8 Å². The highest BCUT2D eigenvalue weighted by Crippen LogP contribution is 2.29. The fraction of sp³-hybridized carbons (Fsp3) is 0.0500. The normalized spacial score (nSPS) is 10.2. The van der Waals surface area contributed by atoms with E-state index in [-0.39, 0.29) is 5.91 Å². The van der Waals surface area contributed by atoms with Gasteiger partial charge in [-0.1, -0.05) is 29.8 Å². The van der Waals surface area contributed by atoms with Crippen molar-refractivity contribution < 1.29 is 9.53 Å². The third-order valence-corrected chi connectivity index (χ3v) is 3.91. The van der Waals surface area contributed by atoms with Gasteiger partial charge in [-0.25, -0.2) is 0 Å². The van der Waals surface area contributed by atoms with Crippen LogP contribution in [0.3, 0.4) is 0 Å². The first-order chi connectivity index (χ1) is 12.2. The molecule has 3 rings (SSSR count). The van der Waals surface area contributed by atoms with E-state index in [0.717, 1.165) is 17.1 Å². The van der Waals surface area contributed by atoms with Gasteiger partial charge in [0.25, 0.3) is 5.91 Å². The minimum Gasteiger partial charge on any atom is -0.495 e. The fourth-order valence-corrected chi connectivity index (χ4v) is 2.60. The Hall–Kier alpha value is -2.98. The summed E-state index contributed by atoms with van der Waals surface area (Å²) in [5, 5.41) is 6.67. The molecule has 4 nitrogen and oxygen atoms in total. The highest BCUT2D eigenvalue weighted by Gasteiger charge is 2.05. The molecule has 0 atom stereocenters. The van der Waals surface area contributed by atoms with E-state index in [1.807, 2.05) is 48.5 Å². The molecular weight excluding hydrogens is 336 g/mol. The molecule has 0 radical (unpaired) electrons. The van der Waals surface area contributed by atoms with Gasteiger partial charge in [-0.05, 0) is 54.6 Å². The summed E-state index contributed by atoms with van der Waals surface area (Å²) in [5.74, 6) is 0.495. The summed E-state index contributed by atoms with van der Waals surface area (Å²) in [6.07, 6.45) is 0. The van der Waals surface area contributed by atoms with Gasteiger partial charge in [0.1, 0.15) is 5.75 Å². The van der Waals surface area contributed by atoms with E-state index in [1.54, 1.807) is 31.4 Å². The molecule has 0 fully saturated rings. The predicted molar refractivity (Wildman–Crippen MR) is 102 cm³/mol. The van der Waals surface area contributed by atoms with E-state index in [4.69, 9.17) is 16.3 Å². The van der Waals surface area contributed by atoms with Gasteiger partial charge in [-0.3, -0.25) is 4.79 Å². The Morgan fingerprint density at radius 2 is 1.52 bits per heavy atom. The van der Waals surface area contributed by atoms with Crippen LogP contribution in [0, 0.1) is 0 Å². The molecule has 0 saturated heterocycles. The number of ether oxygens (including phenoxy) is 1. The van der Waals surface area contributed by atoms with Gasteiger partial charge in [-0.2, -0.15) is 0 Å². The van der Waals surface area contributed by atoms with Crippen LogP contribution in [0.25, 0.3) is 0 Å². The molecule has 0 unspecified atom stereocenters. The van der Waals surface area contributed by atoms with Crippen molar-refractivity contribution in [1.82, 2.24) is 0 Å². The monoisotopic (exact) mass is 352 g/mol. The molecule has 3 aromatic carbocycles. The van der Waals surface area contributed by atoms with Gasteiger partial charge in [0.15, 0.2) is 0 Å². The van der Waals surface area contributed by atoms with E-state index >= 15 is 0 Å². The van der Waals surface area contributed by atoms with E-state index in [9.17, 15) is 4.79 Å². The van der Waals surface area contributed by atoms with Crippen LogP contribution in [0.4, 0.5) is 17.1 Å². The lowest BCUT2D eigenvalue weighted by atomic mass is 10.2. The third-order valence-electron chi connectivity index (χ3n) is 3.62. The highest BCUT2D eigenvalue weighted by molar-refractivity contribution is 6.32. The molecule has 0 bridgehead atoms. The lowest BCUT2D eigenvalue weighted by molar-refractivity contribution is 0.102. The maximum atomic E-state index is 12.1. The van der Waals surface area contributed by atoms with Crippen LogP contribution in [0.1, 0.15) is 10.4 Å². The molecule has 5 heteroatoms. The summed E-state index contributed by atoms with van der Waals surface area (Å²) in [7, 11) is 1.58. The topological polar surface area (TPSA) is 50.4 Å². The SMILES string of the molecule is COc1ccc(Nc2ccc(NC(=O)c3ccccc3)cc2)cc1Cl. The summed E-state index contributed by atoms with van der Waals surface area (Å²) in [6.45, 7) is 0. The highest BCUT2D eigenvalue weighted by atomic mass is 35.5. The zero-order valence-corrected chi connectivity index (χ0v) is 14.4. The number of carbonyl (C=O) groups is 1. The third kappa shape index (κ3) is 4.31. The van der Waals surface area contributed by atoms with Gasteiger partial charge in [0.05, 0.1) is 12.1 Å². The molecule has 2 N–H and O–H groups in total. The van der Waals surface area contributed by atoms with E-state index in [2.05, 4.69) is 10.6 Å². The van der Waals surface area contributed by atoms with Crippen LogP contribution >= 0.6 is 11.6 Å². The number of anilines is 3. The number of amides is 1. The number of halogens is 1. The van der Waals surface area contributed by atoms with Crippen LogP contribution in [-0.4, -0.2) is 13.0 Å². The molecule has 0 aromatic heterocycles. The average molecular weight is 353 g/mol. The van der Waals surface area contributed by atoms with Crippen molar-refractivity contribution >= 4 is 34.6 Å². The second kappa shape index (κ2) is 7.73. The second-order valence-electron chi connectivity index (χ2n) is 5.37. The summed E-state index contributed by atoms with van der Waals surface area (Å²) in [4.78, 5) is 12.1. The smallest absolute Gasteiger partial charge is 0.255 e. The number of carbonyl (C=O) groups excluding carboxylic acids is 1. The predicted octanol–water partition coefficient (Wildman–Crippen LogP) is 5.34. The Morgan fingerprint density at radius 3 is 2.16 bits per heavy atom. The van der Waals surface area contributed by atoms with Crippen LogP contribution in [0.2, 0.25) is 5.02 Å². The number of nitrogens with one attached hydrogen (secondary N) is 2. The molecule has 0 spiro atoms. The summed E-state index contributed by atoms with van der Waals surface area (Å²) >= 11 is 6.12. The van der Waals surface area contributed by atoms with Gasteiger partial charge in [0.2, 0.25) is 0 Å². The van der Waals surface area contributed by atoms with Crippen molar-refractivity contribution in [2.24, 2.45) is 0 Å². The van der Waals surface area contributed by atoms with Crippen molar-refractivity contribution in [3.05, 3.63) is 83.4 Å². The molecule has 0 aliphatic heterocycles. The summed E-state index contributed by atoms with van der Waals surface area (Å²) in [6, 6.07) is 22.0. The van der Waals surface area contributed by atoms with Crippen LogP contribution in [-0.2, 0) is 0 Å². The van der Waals surface area contributed by atoms with Gasteiger partial charge < -0.3 is 15.4 Å². The molecule has 0 aliphatic carbocycles. The molecular formula is C20H17ClN2O2. The second-order valence-corrected chi connectivity index (χ2v) is 5.78. The average Bonchev–Trinajstić information content (AvgIpc) is 2.64. The minimum atomic E-state index is -0.136. The van der Waals surface area contributed by atoms with Gasteiger partial charge in [-0.15, -0.1) is 0 Å². The Kier molecular flexibility index (Phi) is 5.21. The molecule has 25 heavy (non-hydrogen) atoms. The molecule has 1 amide bonds. The molecule has 0 aliphatic rings. The quantitative estimate of drug-likeness (QED) is 0.651. The van der Waals surface area contributed by atoms with Crippen molar-refractivity contribution in [3.8, 4) is 5.75 Å². The first kappa shape index (κ1) is 16.9. The minimum absolute atomic E-state index is 0.136. The molecule has 0 heterocycles. The summed E-state index contributed by atoms with van der Waals surface area (Å²) < 4.78 is 5.14. The maximum Gasteiger partial charge on any atom is 0.255 e. The maximum absolute atomic E-state index is 12.1.